The third-order valence-corrected chi connectivity index (χ3v) is 4.01. The van der Waals surface area contributed by atoms with Gasteiger partial charge in [0.2, 0.25) is 0 Å². The highest BCUT2D eigenvalue weighted by molar-refractivity contribution is 5.80. The highest BCUT2D eigenvalue weighted by atomic mass is 16.3. The molecule has 0 spiro atoms. The fraction of sp³-hybridized carbons (Fsp3) is 0.316. The molecular weight excluding hydrogens is 272 g/mol. The Hall–Kier alpha value is -2.13. The maximum absolute atomic E-state index is 5.99. The van der Waals surface area contributed by atoms with Gasteiger partial charge in [0.1, 0.15) is 11.3 Å². The summed E-state index contributed by atoms with van der Waals surface area (Å²) in [6, 6.07) is 4.58. The molecule has 0 aliphatic heterocycles. The molecule has 0 amide bonds. The van der Waals surface area contributed by atoms with Crippen LogP contribution in [0.3, 0.4) is 0 Å². The summed E-state index contributed by atoms with van der Waals surface area (Å²) < 4.78 is 5.99. The molecule has 2 aromatic rings. The monoisotopic (exact) mass is 294 g/mol. The van der Waals surface area contributed by atoms with E-state index in [9.17, 15) is 0 Å². The number of nitrogens with one attached hydrogen (secondary N) is 1. The molecule has 114 valence electrons. The fourth-order valence-corrected chi connectivity index (χ4v) is 2.52. The van der Waals surface area contributed by atoms with E-state index in [1.165, 1.54) is 5.57 Å². The van der Waals surface area contributed by atoms with Crippen LogP contribution in [0.1, 0.15) is 37.5 Å². The van der Waals surface area contributed by atoms with Gasteiger partial charge in [-0.3, -0.25) is 4.98 Å². The highest BCUT2D eigenvalue weighted by Crippen LogP contribution is 2.28. The summed E-state index contributed by atoms with van der Waals surface area (Å²) in [5.74, 6) is 0.941. The number of hydrogen-bond donors (Lipinski definition) is 1. The van der Waals surface area contributed by atoms with Gasteiger partial charge in [0.15, 0.2) is 5.58 Å². The van der Waals surface area contributed by atoms with Crippen LogP contribution in [0.15, 0.2) is 47.1 Å². The van der Waals surface area contributed by atoms with Crippen molar-refractivity contribution < 1.29 is 4.42 Å². The molecule has 2 aromatic heterocycles. The Morgan fingerprint density at radius 3 is 3.09 bits per heavy atom. The molecule has 1 N–H and O–H groups in total. The van der Waals surface area contributed by atoms with Gasteiger partial charge in [0.25, 0.3) is 0 Å². The molecule has 3 heteroatoms. The third kappa shape index (κ3) is 3.37. The van der Waals surface area contributed by atoms with Crippen LogP contribution in [0.4, 0.5) is 0 Å². The summed E-state index contributed by atoms with van der Waals surface area (Å²) in [5, 5.41) is 3.22. The lowest BCUT2D eigenvalue weighted by molar-refractivity contribution is 0.595. The number of hydrogen-bond acceptors (Lipinski definition) is 3. The quantitative estimate of drug-likeness (QED) is 0.877. The highest BCUT2D eigenvalue weighted by Gasteiger charge is 2.10. The van der Waals surface area contributed by atoms with E-state index in [4.69, 9.17) is 4.42 Å². The van der Waals surface area contributed by atoms with Gasteiger partial charge in [0.05, 0.1) is 0 Å². The zero-order chi connectivity index (χ0) is 15.4. The first-order chi connectivity index (χ1) is 10.8. The van der Waals surface area contributed by atoms with Gasteiger partial charge in [-0.2, -0.15) is 0 Å². The molecule has 1 aliphatic carbocycles. The summed E-state index contributed by atoms with van der Waals surface area (Å²) in [6.45, 7) is 2.16. The Labute approximate surface area is 131 Å². The van der Waals surface area contributed by atoms with Gasteiger partial charge in [0, 0.05) is 18.3 Å². The van der Waals surface area contributed by atoms with Crippen LogP contribution < -0.4 is 5.32 Å². The predicted octanol–water partition coefficient (Wildman–Crippen LogP) is 4.57. The normalized spacial score (nSPS) is 16.4. The average Bonchev–Trinajstić information content (AvgIpc) is 2.99. The van der Waals surface area contributed by atoms with Gasteiger partial charge in [-0.15, -0.1) is 0 Å². The number of fused-ring (bicyclic) bond motifs is 1. The van der Waals surface area contributed by atoms with Crippen LogP contribution in [0.25, 0.3) is 22.7 Å². The second-order valence-corrected chi connectivity index (χ2v) is 5.75. The predicted molar refractivity (Wildman–Crippen MR) is 92.5 cm³/mol. The minimum atomic E-state index is 0.481. The van der Waals surface area contributed by atoms with Gasteiger partial charge in [-0.1, -0.05) is 30.4 Å². The molecule has 0 saturated heterocycles. The van der Waals surface area contributed by atoms with Gasteiger partial charge in [-0.25, -0.2) is 0 Å². The molecule has 1 atom stereocenters. The van der Waals surface area contributed by atoms with Crippen molar-refractivity contribution >= 4 is 22.7 Å². The third-order valence-electron chi connectivity index (χ3n) is 4.01. The number of furan rings is 1. The van der Waals surface area contributed by atoms with Crippen LogP contribution in [-0.2, 0) is 0 Å². The molecular formula is C19H22N2O. The first-order valence-corrected chi connectivity index (χ1v) is 7.86. The van der Waals surface area contributed by atoms with Crippen molar-refractivity contribution in [2.75, 3.05) is 7.05 Å². The Kier molecular flexibility index (Phi) is 4.54. The number of aromatic nitrogens is 1. The zero-order valence-corrected chi connectivity index (χ0v) is 13.2. The minimum Gasteiger partial charge on any atom is -0.455 e. The zero-order valence-electron chi connectivity index (χ0n) is 13.2. The van der Waals surface area contributed by atoms with Crippen LogP contribution in [0.2, 0.25) is 0 Å². The van der Waals surface area contributed by atoms with Crippen LogP contribution >= 0.6 is 0 Å². The summed E-state index contributed by atoms with van der Waals surface area (Å²) in [4.78, 5) is 4.51. The van der Waals surface area contributed by atoms with E-state index >= 15 is 0 Å². The van der Waals surface area contributed by atoms with Gasteiger partial charge in [-0.05, 0) is 50.4 Å². The second-order valence-electron chi connectivity index (χ2n) is 5.75. The van der Waals surface area contributed by atoms with E-state index in [0.717, 1.165) is 41.7 Å². The molecule has 0 saturated carbocycles. The fourth-order valence-electron chi connectivity index (χ4n) is 2.52. The molecule has 0 bridgehead atoms. The van der Waals surface area contributed by atoms with E-state index in [2.05, 4.69) is 53.7 Å². The van der Waals surface area contributed by atoms with E-state index in [-0.39, 0.29) is 0 Å². The summed E-state index contributed by atoms with van der Waals surface area (Å²) in [5.41, 5.74) is 4.11. The minimum absolute atomic E-state index is 0.481. The maximum Gasteiger partial charge on any atom is 0.153 e. The summed E-state index contributed by atoms with van der Waals surface area (Å²) in [6.07, 6.45) is 15.7. The maximum atomic E-state index is 5.99. The largest absolute Gasteiger partial charge is 0.455 e. The van der Waals surface area contributed by atoms with Crippen LogP contribution in [0, 0.1) is 0 Å². The lowest BCUT2D eigenvalue weighted by Gasteiger charge is -2.04. The van der Waals surface area contributed by atoms with Crippen LogP contribution in [-0.4, -0.2) is 18.1 Å². The Balaban J connectivity index is 1.81. The second kappa shape index (κ2) is 6.75. The number of rotatable bonds is 5. The molecule has 2 heterocycles. The molecule has 1 unspecified atom stereocenters. The number of pyridine rings is 1. The van der Waals surface area contributed by atoms with Crippen molar-refractivity contribution in [1.29, 1.82) is 0 Å². The van der Waals surface area contributed by atoms with Crippen molar-refractivity contribution in [3.63, 3.8) is 0 Å². The van der Waals surface area contributed by atoms with Crippen LogP contribution in [0.5, 0.6) is 0 Å². The lowest BCUT2D eigenvalue weighted by Crippen LogP contribution is -2.19. The standard InChI is InChI=1S/C19H22N2O/c1-14(20-2)7-6-8-15-11-19-17(21-13-15)12-18(22-19)16-9-4-3-5-10-16/h3-4,6,8-9,11-14,20H,5,7,10H2,1-2H3. The first kappa shape index (κ1) is 14.8. The van der Waals surface area contributed by atoms with E-state index in [1.807, 2.05) is 19.3 Å². The molecule has 0 fully saturated rings. The van der Waals surface area contributed by atoms with E-state index in [1.54, 1.807) is 0 Å². The SMILES string of the molecule is CNC(C)CC=Cc1cnc2cc(C3=CC=CCC3)oc2c1. The summed E-state index contributed by atoms with van der Waals surface area (Å²) >= 11 is 0. The van der Waals surface area contributed by atoms with E-state index < -0.39 is 0 Å². The topological polar surface area (TPSA) is 38.1 Å². The molecule has 0 radical (unpaired) electrons. The van der Waals surface area contributed by atoms with Crippen molar-refractivity contribution in [2.24, 2.45) is 0 Å². The number of allylic oxidation sites excluding steroid dienone is 4. The molecule has 22 heavy (non-hydrogen) atoms. The number of nitrogens with zero attached hydrogens (tertiary/aromatic N) is 1. The molecule has 0 aromatic carbocycles. The molecule has 1 aliphatic rings. The lowest BCUT2D eigenvalue weighted by atomic mass is 10.0. The van der Waals surface area contributed by atoms with Gasteiger partial charge < -0.3 is 9.73 Å². The van der Waals surface area contributed by atoms with Crippen molar-refractivity contribution in [3.05, 3.63) is 54.0 Å². The first-order valence-electron chi connectivity index (χ1n) is 7.86. The Morgan fingerprint density at radius 2 is 2.32 bits per heavy atom. The molecule has 3 nitrogen and oxygen atoms in total. The van der Waals surface area contributed by atoms with Gasteiger partial charge >= 0.3 is 0 Å². The van der Waals surface area contributed by atoms with Crippen molar-refractivity contribution in [2.45, 2.75) is 32.2 Å². The van der Waals surface area contributed by atoms with Crippen molar-refractivity contribution in [3.8, 4) is 0 Å². The summed E-state index contributed by atoms with van der Waals surface area (Å²) in [7, 11) is 1.98. The van der Waals surface area contributed by atoms with Crippen molar-refractivity contribution in [1.82, 2.24) is 10.3 Å². The van der Waals surface area contributed by atoms with E-state index in [0.29, 0.717) is 6.04 Å². The Morgan fingerprint density at radius 1 is 1.41 bits per heavy atom. The Bertz CT molecular complexity index is 737. The molecule has 3 rings (SSSR count). The average molecular weight is 294 g/mol. The smallest absolute Gasteiger partial charge is 0.153 e.